The van der Waals surface area contributed by atoms with Gasteiger partial charge in [0.15, 0.2) is 0 Å². The number of hydrogen-bond acceptors (Lipinski definition) is 3. The predicted octanol–water partition coefficient (Wildman–Crippen LogP) is 0.669. The van der Waals surface area contributed by atoms with Crippen molar-refractivity contribution in [3.05, 3.63) is 0 Å². The minimum absolute atomic E-state index is 0.143. The molecule has 18 heavy (non-hydrogen) atoms. The van der Waals surface area contributed by atoms with Crippen LogP contribution in [0.15, 0.2) is 0 Å². The molecule has 0 N–H and O–H groups in total. The Morgan fingerprint density at radius 1 is 1.17 bits per heavy atom. The monoisotopic (exact) mass is 274 g/mol. The summed E-state index contributed by atoms with van der Waals surface area (Å²) in [6.45, 7) is 6.04. The van der Waals surface area contributed by atoms with E-state index in [0.717, 1.165) is 12.8 Å². The summed E-state index contributed by atoms with van der Waals surface area (Å²) in [7, 11) is -3.07. The van der Waals surface area contributed by atoms with Crippen LogP contribution in [-0.4, -0.2) is 55.0 Å². The number of piperazine rings is 1. The molecule has 6 heteroatoms. The maximum absolute atomic E-state index is 12.0. The first-order chi connectivity index (χ1) is 8.41. The third kappa shape index (κ3) is 3.03. The summed E-state index contributed by atoms with van der Waals surface area (Å²) in [5.74, 6) is 0.499. The first-order valence-corrected chi connectivity index (χ1v) is 8.18. The van der Waals surface area contributed by atoms with Crippen LogP contribution in [0.5, 0.6) is 0 Å². The van der Waals surface area contributed by atoms with Crippen LogP contribution in [0.2, 0.25) is 0 Å². The first-order valence-electron chi connectivity index (χ1n) is 6.68. The van der Waals surface area contributed by atoms with Gasteiger partial charge in [0, 0.05) is 32.6 Å². The van der Waals surface area contributed by atoms with Crippen molar-refractivity contribution in [2.24, 2.45) is 5.92 Å². The highest BCUT2D eigenvalue weighted by molar-refractivity contribution is 7.90. The lowest BCUT2D eigenvalue weighted by Crippen LogP contribution is -2.51. The zero-order valence-electron chi connectivity index (χ0n) is 11.1. The lowest BCUT2D eigenvalue weighted by atomic mass is 10.1. The standard InChI is InChI=1S/C12H22N2O3S/c1-10(2)9-12(15)13-5-7-14(8-6-13)18(16,17)11-3-4-11/h10-11H,3-9H2,1-2H3. The molecule has 1 aliphatic heterocycles. The van der Waals surface area contributed by atoms with Gasteiger partial charge in [-0.15, -0.1) is 0 Å². The zero-order valence-corrected chi connectivity index (χ0v) is 11.9. The summed E-state index contributed by atoms with van der Waals surface area (Å²) >= 11 is 0. The van der Waals surface area contributed by atoms with Crippen LogP contribution in [0.3, 0.4) is 0 Å². The van der Waals surface area contributed by atoms with E-state index < -0.39 is 10.0 Å². The molecule has 0 bridgehead atoms. The van der Waals surface area contributed by atoms with Gasteiger partial charge in [0.25, 0.3) is 0 Å². The third-order valence-corrected chi connectivity index (χ3v) is 5.88. The van der Waals surface area contributed by atoms with Crippen molar-refractivity contribution in [1.82, 2.24) is 9.21 Å². The SMILES string of the molecule is CC(C)CC(=O)N1CCN(S(=O)(=O)C2CC2)CC1. The van der Waals surface area contributed by atoms with E-state index in [4.69, 9.17) is 0 Å². The predicted molar refractivity (Wildman–Crippen MR) is 69.5 cm³/mol. The molecule has 1 amide bonds. The molecule has 1 aliphatic carbocycles. The number of nitrogens with zero attached hydrogens (tertiary/aromatic N) is 2. The largest absolute Gasteiger partial charge is 0.340 e. The summed E-state index contributed by atoms with van der Waals surface area (Å²) in [5, 5.41) is -0.143. The van der Waals surface area contributed by atoms with Gasteiger partial charge in [0.1, 0.15) is 0 Å². The molecule has 1 saturated carbocycles. The van der Waals surface area contributed by atoms with Gasteiger partial charge >= 0.3 is 0 Å². The molecule has 0 unspecified atom stereocenters. The number of amides is 1. The second-order valence-corrected chi connectivity index (χ2v) is 7.84. The molecule has 0 aromatic carbocycles. The molecular formula is C12H22N2O3S. The van der Waals surface area contributed by atoms with Crippen molar-refractivity contribution in [1.29, 1.82) is 0 Å². The Bertz CT molecular complexity index is 407. The molecule has 0 atom stereocenters. The molecule has 2 rings (SSSR count). The van der Waals surface area contributed by atoms with Crippen LogP contribution in [0.1, 0.15) is 33.1 Å². The topological polar surface area (TPSA) is 57.7 Å². The van der Waals surface area contributed by atoms with E-state index in [2.05, 4.69) is 0 Å². The fourth-order valence-corrected chi connectivity index (χ4v) is 4.07. The molecule has 2 aliphatic rings. The van der Waals surface area contributed by atoms with Gasteiger partial charge in [-0.3, -0.25) is 4.79 Å². The van der Waals surface area contributed by atoms with Gasteiger partial charge in [0.2, 0.25) is 15.9 Å². The molecule has 0 spiro atoms. The molecule has 5 nitrogen and oxygen atoms in total. The first kappa shape index (κ1) is 13.8. The molecule has 0 aromatic rings. The number of hydrogen-bond donors (Lipinski definition) is 0. The Labute approximate surface area is 109 Å². The van der Waals surface area contributed by atoms with E-state index in [1.165, 1.54) is 0 Å². The number of carbonyl (C=O) groups excluding carboxylic acids is 1. The van der Waals surface area contributed by atoms with Gasteiger partial charge in [-0.1, -0.05) is 13.8 Å². The third-order valence-electron chi connectivity index (χ3n) is 3.48. The highest BCUT2D eigenvalue weighted by atomic mass is 32.2. The second-order valence-electron chi connectivity index (χ2n) is 5.62. The molecule has 1 heterocycles. The van der Waals surface area contributed by atoms with E-state index in [9.17, 15) is 13.2 Å². The maximum atomic E-state index is 12.0. The molecule has 2 fully saturated rings. The number of rotatable bonds is 4. The van der Waals surface area contributed by atoms with Crippen molar-refractivity contribution in [3.63, 3.8) is 0 Å². The second kappa shape index (κ2) is 5.17. The quantitative estimate of drug-likeness (QED) is 0.757. The zero-order chi connectivity index (χ0) is 13.3. The smallest absolute Gasteiger partial charge is 0.222 e. The summed E-state index contributed by atoms with van der Waals surface area (Å²) in [6.07, 6.45) is 2.15. The van der Waals surface area contributed by atoms with Gasteiger partial charge in [0.05, 0.1) is 5.25 Å². The maximum Gasteiger partial charge on any atom is 0.222 e. The van der Waals surface area contributed by atoms with Gasteiger partial charge < -0.3 is 4.90 Å². The fourth-order valence-electron chi connectivity index (χ4n) is 2.25. The average molecular weight is 274 g/mol. The Morgan fingerprint density at radius 2 is 1.72 bits per heavy atom. The number of carbonyl (C=O) groups is 1. The van der Waals surface area contributed by atoms with Crippen molar-refractivity contribution in [2.45, 2.75) is 38.4 Å². The van der Waals surface area contributed by atoms with Crippen molar-refractivity contribution in [2.75, 3.05) is 26.2 Å². The van der Waals surface area contributed by atoms with Crippen LogP contribution in [-0.2, 0) is 14.8 Å². The van der Waals surface area contributed by atoms with Crippen molar-refractivity contribution in [3.8, 4) is 0 Å². The van der Waals surface area contributed by atoms with Gasteiger partial charge in [-0.2, -0.15) is 4.31 Å². The Morgan fingerprint density at radius 3 is 2.17 bits per heavy atom. The fraction of sp³-hybridized carbons (Fsp3) is 0.917. The minimum atomic E-state index is -3.07. The lowest BCUT2D eigenvalue weighted by molar-refractivity contribution is -0.133. The normalized spacial score (nSPS) is 22.5. The molecular weight excluding hydrogens is 252 g/mol. The Hall–Kier alpha value is -0.620. The molecule has 1 saturated heterocycles. The lowest BCUT2D eigenvalue weighted by Gasteiger charge is -2.34. The van der Waals surface area contributed by atoms with Crippen LogP contribution >= 0.6 is 0 Å². The van der Waals surface area contributed by atoms with Gasteiger partial charge in [-0.05, 0) is 18.8 Å². The Balaban J connectivity index is 1.86. The summed E-state index contributed by atoms with van der Waals surface area (Å²) in [5.41, 5.74) is 0. The Kier molecular flexibility index (Phi) is 3.96. The minimum Gasteiger partial charge on any atom is -0.340 e. The van der Waals surface area contributed by atoms with Crippen LogP contribution in [0.25, 0.3) is 0 Å². The highest BCUT2D eigenvalue weighted by Crippen LogP contribution is 2.31. The highest BCUT2D eigenvalue weighted by Gasteiger charge is 2.41. The summed E-state index contributed by atoms with van der Waals surface area (Å²) in [6, 6.07) is 0. The molecule has 0 aromatic heterocycles. The summed E-state index contributed by atoms with van der Waals surface area (Å²) in [4.78, 5) is 13.7. The number of sulfonamides is 1. The van der Waals surface area contributed by atoms with E-state index in [-0.39, 0.29) is 11.2 Å². The molecule has 104 valence electrons. The molecule has 0 radical (unpaired) electrons. The average Bonchev–Trinajstić information content (AvgIpc) is 3.12. The van der Waals surface area contributed by atoms with Crippen molar-refractivity contribution >= 4 is 15.9 Å². The van der Waals surface area contributed by atoms with Crippen LogP contribution in [0, 0.1) is 5.92 Å². The summed E-state index contributed by atoms with van der Waals surface area (Å²) < 4.78 is 25.6. The van der Waals surface area contributed by atoms with E-state index in [1.807, 2.05) is 13.8 Å². The van der Waals surface area contributed by atoms with Gasteiger partial charge in [-0.25, -0.2) is 8.42 Å². The van der Waals surface area contributed by atoms with Crippen LogP contribution < -0.4 is 0 Å². The van der Waals surface area contributed by atoms with E-state index in [0.29, 0.717) is 38.5 Å². The van der Waals surface area contributed by atoms with E-state index >= 15 is 0 Å². The van der Waals surface area contributed by atoms with E-state index in [1.54, 1.807) is 9.21 Å². The van der Waals surface area contributed by atoms with Crippen molar-refractivity contribution < 1.29 is 13.2 Å². The van der Waals surface area contributed by atoms with Crippen LogP contribution in [0.4, 0.5) is 0 Å².